The lowest BCUT2D eigenvalue weighted by atomic mass is 10.0. The molecule has 0 atom stereocenters. The van der Waals surface area contributed by atoms with E-state index in [-0.39, 0.29) is 25.3 Å². The highest BCUT2D eigenvalue weighted by atomic mass is 32.1. The van der Waals surface area contributed by atoms with Crippen LogP contribution in [0.3, 0.4) is 0 Å². The molecule has 0 aliphatic carbocycles. The number of nitrogens with zero attached hydrogens (tertiary/aromatic N) is 2. The molecule has 0 saturated carbocycles. The Morgan fingerprint density at radius 2 is 2.03 bits per heavy atom. The Morgan fingerprint density at radius 3 is 2.67 bits per heavy atom. The zero-order valence-corrected chi connectivity index (χ0v) is 17.1. The second-order valence-corrected chi connectivity index (χ2v) is 7.99. The van der Waals surface area contributed by atoms with Gasteiger partial charge in [0, 0.05) is 30.6 Å². The Bertz CT molecular complexity index is 983. The number of carboxylic acid groups (broad SMARTS) is 1. The van der Waals surface area contributed by atoms with Gasteiger partial charge in [-0.3, -0.25) is 14.4 Å². The van der Waals surface area contributed by atoms with Gasteiger partial charge in [-0.2, -0.15) is 0 Å². The van der Waals surface area contributed by atoms with Gasteiger partial charge in [0.15, 0.2) is 0 Å². The quantitative estimate of drug-likeness (QED) is 0.543. The Morgan fingerprint density at radius 1 is 1.30 bits per heavy atom. The summed E-state index contributed by atoms with van der Waals surface area (Å²) in [4.78, 5) is 42.1. The minimum atomic E-state index is -1.24. The molecule has 0 spiro atoms. The number of carbonyl (C=O) groups is 3. The lowest BCUT2D eigenvalue weighted by molar-refractivity contribution is -0.138. The van der Waals surface area contributed by atoms with E-state index in [0.29, 0.717) is 12.4 Å². The Balaban J connectivity index is 1.59. The Kier molecular flexibility index (Phi) is 6.68. The van der Waals surface area contributed by atoms with E-state index >= 15 is 0 Å². The molecule has 3 N–H and O–H groups in total. The normalized spacial score (nSPS) is 14.0. The zero-order valence-electron chi connectivity index (χ0n) is 16.3. The predicted octanol–water partition coefficient (Wildman–Crippen LogP) is 1.78. The molecular formula is C20H21N3O6S. The van der Waals surface area contributed by atoms with E-state index < -0.39 is 29.9 Å². The van der Waals surface area contributed by atoms with E-state index in [4.69, 9.17) is 9.84 Å². The van der Waals surface area contributed by atoms with Crippen LogP contribution in [-0.2, 0) is 27.5 Å². The number of carboxylic acids is 1. The molecule has 1 aliphatic heterocycles. The summed E-state index contributed by atoms with van der Waals surface area (Å²) in [5.41, 5.74) is 0.411. The third-order valence-electron chi connectivity index (χ3n) is 4.36. The summed E-state index contributed by atoms with van der Waals surface area (Å²) in [6.45, 7) is 2.22. The molecule has 2 aromatic rings. The van der Waals surface area contributed by atoms with E-state index in [1.807, 2.05) is 19.1 Å². The molecule has 9 nitrogen and oxygen atoms in total. The molecule has 1 aliphatic rings. The summed E-state index contributed by atoms with van der Waals surface area (Å²) in [7, 11) is 0. The molecule has 2 amide bonds. The fraction of sp³-hybridized carbons (Fsp3) is 0.300. The van der Waals surface area contributed by atoms with Crippen LogP contribution in [0.1, 0.15) is 21.9 Å². The van der Waals surface area contributed by atoms with E-state index in [1.165, 1.54) is 4.90 Å². The lowest BCUT2D eigenvalue weighted by Crippen LogP contribution is -2.43. The van der Waals surface area contributed by atoms with Gasteiger partial charge >= 0.3 is 5.97 Å². The molecule has 1 aromatic carbocycles. The molecular weight excluding hydrogens is 410 g/mol. The molecule has 0 radical (unpaired) electrons. The number of aliphatic carboxylic acids is 1. The summed E-state index contributed by atoms with van der Waals surface area (Å²) < 4.78 is 5.71. The van der Waals surface area contributed by atoms with Crippen molar-refractivity contribution in [2.75, 3.05) is 13.1 Å². The van der Waals surface area contributed by atoms with Crippen LogP contribution in [0.4, 0.5) is 0 Å². The highest BCUT2D eigenvalue weighted by molar-refractivity contribution is 7.11. The van der Waals surface area contributed by atoms with Crippen molar-refractivity contribution < 1.29 is 29.3 Å². The van der Waals surface area contributed by atoms with Crippen LogP contribution in [0, 0.1) is 6.92 Å². The van der Waals surface area contributed by atoms with Crippen molar-refractivity contribution in [1.82, 2.24) is 15.2 Å². The average Bonchev–Trinajstić information content (AvgIpc) is 3.13. The fourth-order valence-electron chi connectivity index (χ4n) is 2.90. The van der Waals surface area contributed by atoms with Gasteiger partial charge in [-0.1, -0.05) is 12.1 Å². The number of hydrogen-bond acceptors (Lipinski definition) is 7. The number of aliphatic hydroxyl groups excluding tert-OH is 1. The highest BCUT2D eigenvalue weighted by Crippen LogP contribution is 2.22. The summed E-state index contributed by atoms with van der Waals surface area (Å²) in [5, 5.41) is 21.6. The first-order valence-corrected chi connectivity index (χ1v) is 9.99. The number of thiazole rings is 1. The van der Waals surface area contributed by atoms with Crippen LogP contribution < -0.4 is 10.1 Å². The zero-order chi connectivity index (χ0) is 21.7. The number of ether oxygens (including phenoxy) is 1. The SMILES string of the molecule is Cc1cnc(COc2ccc(CN3CCC(O)=C(C(=O)NCC(=O)O)C3=O)cc2)s1. The highest BCUT2D eigenvalue weighted by Gasteiger charge is 2.32. The van der Waals surface area contributed by atoms with Gasteiger partial charge < -0.3 is 25.2 Å². The van der Waals surface area contributed by atoms with E-state index in [0.717, 1.165) is 15.4 Å². The van der Waals surface area contributed by atoms with Gasteiger partial charge in [-0.25, -0.2) is 4.98 Å². The first-order chi connectivity index (χ1) is 14.3. The number of carbonyl (C=O) groups excluding carboxylic acids is 2. The maximum atomic E-state index is 12.6. The third kappa shape index (κ3) is 5.35. The van der Waals surface area contributed by atoms with Crippen molar-refractivity contribution in [3.05, 3.63) is 57.2 Å². The first-order valence-electron chi connectivity index (χ1n) is 9.18. The molecule has 0 fully saturated rings. The van der Waals surface area contributed by atoms with Crippen molar-refractivity contribution in [3.63, 3.8) is 0 Å². The molecule has 2 heterocycles. The van der Waals surface area contributed by atoms with Crippen molar-refractivity contribution in [2.24, 2.45) is 0 Å². The van der Waals surface area contributed by atoms with Gasteiger partial charge in [0.1, 0.15) is 35.2 Å². The summed E-state index contributed by atoms with van der Waals surface area (Å²) in [5.74, 6) is -2.44. The smallest absolute Gasteiger partial charge is 0.322 e. The Labute approximate surface area is 176 Å². The molecule has 30 heavy (non-hydrogen) atoms. The molecule has 1 aromatic heterocycles. The van der Waals surface area contributed by atoms with Gasteiger partial charge in [0.25, 0.3) is 11.8 Å². The number of nitrogens with one attached hydrogen (secondary N) is 1. The van der Waals surface area contributed by atoms with Crippen LogP contribution in [0.15, 0.2) is 41.8 Å². The van der Waals surface area contributed by atoms with E-state index in [9.17, 15) is 19.5 Å². The number of aromatic nitrogens is 1. The number of amides is 2. The fourth-order valence-corrected chi connectivity index (χ4v) is 3.60. The third-order valence-corrected chi connectivity index (χ3v) is 5.25. The molecule has 0 saturated heterocycles. The van der Waals surface area contributed by atoms with E-state index in [2.05, 4.69) is 10.3 Å². The number of aliphatic hydroxyl groups is 1. The molecule has 0 unspecified atom stereocenters. The molecule has 3 rings (SSSR count). The van der Waals surface area contributed by atoms with Gasteiger partial charge in [-0.05, 0) is 24.6 Å². The summed E-state index contributed by atoms with van der Waals surface area (Å²) in [6.07, 6.45) is 1.92. The van der Waals surface area contributed by atoms with E-state index in [1.54, 1.807) is 29.7 Å². The topological polar surface area (TPSA) is 129 Å². The van der Waals surface area contributed by atoms with Crippen LogP contribution in [-0.4, -0.2) is 51.0 Å². The van der Waals surface area contributed by atoms with Gasteiger partial charge in [-0.15, -0.1) is 11.3 Å². The number of rotatable bonds is 8. The molecule has 0 bridgehead atoms. The van der Waals surface area contributed by atoms with Crippen LogP contribution in [0.2, 0.25) is 0 Å². The first kappa shape index (κ1) is 21.3. The second kappa shape index (κ2) is 9.40. The minimum absolute atomic E-state index is 0.121. The van der Waals surface area contributed by atoms with Crippen LogP contribution >= 0.6 is 11.3 Å². The minimum Gasteiger partial charge on any atom is -0.511 e. The average molecular weight is 431 g/mol. The van der Waals surface area contributed by atoms with Crippen molar-refractivity contribution in [3.8, 4) is 5.75 Å². The monoisotopic (exact) mass is 431 g/mol. The van der Waals surface area contributed by atoms with Crippen molar-refractivity contribution in [2.45, 2.75) is 26.5 Å². The number of aryl methyl sites for hydroxylation is 1. The Hall–Kier alpha value is -3.40. The van der Waals surface area contributed by atoms with Gasteiger partial charge in [0.2, 0.25) is 0 Å². The maximum absolute atomic E-state index is 12.6. The van der Waals surface area contributed by atoms with Crippen LogP contribution in [0.5, 0.6) is 5.75 Å². The van der Waals surface area contributed by atoms with Crippen molar-refractivity contribution in [1.29, 1.82) is 0 Å². The second-order valence-electron chi connectivity index (χ2n) is 6.67. The molecule has 10 heteroatoms. The molecule has 158 valence electrons. The summed E-state index contributed by atoms with van der Waals surface area (Å²) in [6, 6.07) is 7.21. The van der Waals surface area contributed by atoms with Crippen LogP contribution in [0.25, 0.3) is 0 Å². The maximum Gasteiger partial charge on any atom is 0.322 e. The number of hydrogen-bond donors (Lipinski definition) is 3. The van der Waals surface area contributed by atoms with Gasteiger partial charge in [0.05, 0.1) is 0 Å². The van der Waals surface area contributed by atoms with Crippen molar-refractivity contribution >= 4 is 29.1 Å². The lowest BCUT2D eigenvalue weighted by Gasteiger charge is -2.28. The standard InChI is InChI=1S/C20H21N3O6S/c1-12-8-21-16(30-12)11-29-14-4-2-13(3-5-14)10-23-7-6-15(24)18(20(23)28)19(27)22-9-17(25)26/h2-5,8,24H,6-7,9-11H2,1H3,(H,22,27)(H,25,26). The predicted molar refractivity (Wildman–Crippen MR) is 108 cm³/mol. The largest absolute Gasteiger partial charge is 0.511 e. The number of benzene rings is 1. The summed E-state index contributed by atoms with van der Waals surface area (Å²) >= 11 is 1.57.